The van der Waals surface area contributed by atoms with Gasteiger partial charge in [0.2, 0.25) is 0 Å². The molecule has 0 spiro atoms. The quantitative estimate of drug-likeness (QED) is 0.751. The Morgan fingerprint density at radius 3 is 3.00 bits per heavy atom. The summed E-state index contributed by atoms with van der Waals surface area (Å²) in [6, 6.07) is 2.24. The average Bonchev–Trinajstić information content (AvgIpc) is 2.65. The number of rotatable bonds is 1. The molecule has 0 aromatic carbocycles. The minimum absolute atomic E-state index is 0.627. The maximum atomic E-state index is 5.14. The van der Waals surface area contributed by atoms with Crippen molar-refractivity contribution in [2.75, 3.05) is 7.05 Å². The molecule has 0 saturated carbocycles. The number of allylic oxidation sites excluding steroid dienone is 1. The molecule has 0 bridgehead atoms. The van der Waals surface area contributed by atoms with Gasteiger partial charge in [-0.15, -0.1) is 11.3 Å². The second kappa shape index (κ2) is 4.55. The summed E-state index contributed by atoms with van der Waals surface area (Å²) >= 11 is 7.03. The number of thiophene rings is 1. The van der Waals surface area contributed by atoms with E-state index in [0.29, 0.717) is 11.0 Å². The molecule has 2 nitrogen and oxygen atoms in total. The number of fused-ring (bicyclic) bond motifs is 1. The van der Waals surface area contributed by atoms with Crippen LogP contribution in [0.25, 0.3) is 5.70 Å². The van der Waals surface area contributed by atoms with E-state index in [0.717, 1.165) is 12.1 Å². The van der Waals surface area contributed by atoms with Gasteiger partial charge in [0.15, 0.2) is 5.11 Å². The first kappa shape index (κ1) is 11.6. The van der Waals surface area contributed by atoms with Crippen molar-refractivity contribution < 1.29 is 0 Å². The van der Waals surface area contributed by atoms with Crippen LogP contribution in [0.2, 0.25) is 0 Å². The Labute approximate surface area is 106 Å². The molecule has 1 heterocycles. The highest BCUT2D eigenvalue weighted by molar-refractivity contribution is 7.80. The van der Waals surface area contributed by atoms with E-state index >= 15 is 0 Å². The average molecular weight is 252 g/mol. The highest BCUT2D eigenvalue weighted by atomic mass is 32.1. The van der Waals surface area contributed by atoms with E-state index in [1.54, 1.807) is 0 Å². The van der Waals surface area contributed by atoms with Crippen molar-refractivity contribution in [3.8, 4) is 0 Å². The molecule has 0 radical (unpaired) electrons. The van der Waals surface area contributed by atoms with E-state index in [-0.39, 0.29) is 0 Å². The first-order valence-electron chi connectivity index (χ1n) is 5.41. The molecule has 1 aromatic rings. The molecule has 0 fully saturated rings. The van der Waals surface area contributed by atoms with Crippen LogP contribution in [-0.4, -0.2) is 12.2 Å². The second-order valence-electron chi connectivity index (χ2n) is 4.09. The smallest absolute Gasteiger partial charge is 0.170 e. The summed E-state index contributed by atoms with van der Waals surface area (Å²) in [6.45, 7) is 4.43. The summed E-state index contributed by atoms with van der Waals surface area (Å²) in [5.74, 6) is 0.627. The SMILES string of the molecule is CNC(=S)NC1=CCC(C)c2sc(C)cc21. The van der Waals surface area contributed by atoms with Crippen LogP contribution in [0.4, 0.5) is 0 Å². The predicted molar refractivity (Wildman–Crippen MR) is 74.9 cm³/mol. The standard InChI is InChI=1S/C12H16N2S2/c1-7-4-5-10(14-12(15)13-3)9-6-8(2)16-11(7)9/h5-7H,4H2,1-3H3,(H2,13,14,15). The molecule has 1 atom stereocenters. The van der Waals surface area contributed by atoms with Crippen LogP contribution in [0.3, 0.4) is 0 Å². The first-order chi connectivity index (χ1) is 7.61. The Balaban J connectivity index is 2.31. The van der Waals surface area contributed by atoms with Crippen LogP contribution in [0.15, 0.2) is 12.1 Å². The summed E-state index contributed by atoms with van der Waals surface area (Å²) < 4.78 is 0. The lowest BCUT2D eigenvalue weighted by Gasteiger charge is -2.20. The predicted octanol–water partition coefficient (Wildman–Crippen LogP) is 3.00. The molecule has 86 valence electrons. The van der Waals surface area contributed by atoms with E-state index in [1.807, 2.05) is 18.4 Å². The van der Waals surface area contributed by atoms with Gasteiger partial charge in [0, 0.05) is 28.1 Å². The molecule has 1 aliphatic carbocycles. The summed E-state index contributed by atoms with van der Waals surface area (Å²) in [6.07, 6.45) is 3.32. The van der Waals surface area contributed by atoms with Crippen LogP contribution in [0, 0.1) is 6.92 Å². The first-order valence-corrected chi connectivity index (χ1v) is 6.64. The van der Waals surface area contributed by atoms with Gasteiger partial charge in [0.1, 0.15) is 0 Å². The van der Waals surface area contributed by atoms with Crippen molar-refractivity contribution >= 4 is 34.4 Å². The number of thiocarbonyl (C=S) groups is 1. The van der Waals surface area contributed by atoms with Gasteiger partial charge < -0.3 is 10.6 Å². The molecule has 4 heteroatoms. The number of aryl methyl sites for hydroxylation is 1. The maximum Gasteiger partial charge on any atom is 0.170 e. The van der Waals surface area contributed by atoms with E-state index in [9.17, 15) is 0 Å². The molecular weight excluding hydrogens is 236 g/mol. The van der Waals surface area contributed by atoms with Gasteiger partial charge in [0.25, 0.3) is 0 Å². The Hall–Kier alpha value is -0.870. The number of hydrogen-bond acceptors (Lipinski definition) is 2. The lowest BCUT2D eigenvalue weighted by molar-refractivity contribution is 0.781. The Morgan fingerprint density at radius 2 is 2.31 bits per heavy atom. The van der Waals surface area contributed by atoms with E-state index < -0.39 is 0 Å². The molecule has 0 aliphatic heterocycles. The van der Waals surface area contributed by atoms with Crippen molar-refractivity contribution in [3.63, 3.8) is 0 Å². The number of hydrogen-bond donors (Lipinski definition) is 2. The Bertz CT molecular complexity index is 446. The highest BCUT2D eigenvalue weighted by Crippen LogP contribution is 2.38. The van der Waals surface area contributed by atoms with Gasteiger partial charge in [-0.2, -0.15) is 0 Å². The zero-order valence-corrected chi connectivity index (χ0v) is 11.4. The summed E-state index contributed by atoms with van der Waals surface area (Å²) in [7, 11) is 1.83. The van der Waals surface area contributed by atoms with Gasteiger partial charge in [-0.1, -0.05) is 13.0 Å². The second-order valence-corrected chi connectivity index (χ2v) is 5.79. The molecule has 2 rings (SSSR count). The largest absolute Gasteiger partial charge is 0.366 e. The Kier molecular flexibility index (Phi) is 3.30. The summed E-state index contributed by atoms with van der Waals surface area (Å²) in [4.78, 5) is 2.84. The van der Waals surface area contributed by atoms with E-state index in [2.05, 4.69) is 36.6 Å². The molecular formula is C12H16N2S2. The fraction of sp³-hybridized carbons (Fsp3) is 0.417. The molecule has 0 saturated heterocycles. The van der Waals surface area contributed by atoms with Crippen molar-refractivity contribution in [2.24, 2.45) is 0 Å². The van der Waals surface area contributed by atoms with Gasteiger partial charge in [0.05, 0.1) is 0 Å². The maximum absolute atomic E-state index is 5.14. The monoisotopic (exact) mass is 252 g/mol. The molecule has 0 amide bonds. The summed E-state index contributed by atoms with van der Waals surface area (Å²) in [5, 5.41) is 6.87. The number of nitrogens with one attached hydrogen (secondary N) is 2. The van der Waals surface area contributed by atoms with Crippen LogP contribution >= 0.6 is 23.6 Å². The van der Waals surface area contributed by atoms with Gasteiger partial charge in [-0.05, 0) is 37.5 Å². The van der Waals surface area contributed by atoms with Crippen LogP contribution in [0.5, 0.6) is 0 Å². The van der Waals surface area contributed by atoms with Gasteiger partial charge in [-0.3, -0.25) is 0 Å². The lowest BCUT2D eigenvalue weighted by atomic mass is 9.94. The molecule has 2 N–H and O–H groups in total. The van der Waals surface area contributed by atoms with Crippen LogP contribution in [0.1, 0.15) is 34.6 Å². The third kappa shape index (κ3) is 2.13. The zero-order valence-electron chi connectivity index (χ0n) is 9.76. The van der Waals surface area contributed by atoms with Gasteiger partial charge >= 0.3 is 0 Å². The van der Waals surface area contributed by atoms with Crippen LogP contribution < -0.4 is 10.6 Å². The topological polar surface area (TPSA) is 24.1 Å². The van der Waals surface area contributed by atoms with Gasteiger partial charge in [-0.25, -0.2) is 0 Å². The molecule has 1 aromatic heterocycles. The minimum atomic E-state index is 0.627. The minimum Gasteiger partial charge on any atom is -0.366 e. The fourth-order valence-electron chi connectivity index (χ4n) is 1.92. The van der Waals surface area contributed by atoms with Crippen molar-refractivity contribution in [2.45, 2.75) is 26.2 Å². The highest BCUT2D eigenvalue weighted by Gasteiger charge is 2.21. The van der Waals surface area contributed by atoms with Crippen molar-refractivity contribution in [1.82, 2.24) is 10.6 Å². The third-order valence-corrected chi connectivity index (χ3v) is 4.36. The van der Waals surface area contributed by atoms with E-state index in [4.69, 9.17) is 12.2 Å². The molecule has 16 heavy (non-hydrogen) atoms. The van der Waals surface area contributed by atoms with Crippen molar-refractivity contribution in [1.29, 1.82) is 0 Å². The molecule has 1 aliphatic rings. The fourth-order valence-corrected chi connectivity index (χ4v) is 3.13. The lowest BCUT2D eigenvalue weighted by Crippen LogP contribution is -2.31. The Morgan fingerprint density at radius 1 is 1.56 bits per heavy atom. The molecule has 1 unspecified atom stereocenters. The zero-order chi connectivity index (χ0) is 11.7. The third-order valence-electron chi connectivity index (χ3n) is 2.77. The van der Waals surface area contributed by atoms with E-state index in [1.165, 1.54) is 15.3 Å². The normalized spacial score (nSPS) is 18.7. The van der Waals surface area contributed by atoms with Crippen molar-refractivity contribution in [3.05, 3.63) is 27.5 Å². The van der Waals surface area contributed by atoms with Crippen LogP contribution in [-0.2, 0) is 0 Å². The summed E-state index contributed by atoms with van der Waals surface area (Å²) in [5.41, 5.74) is 2.47.